The summed E-state index contributed by atoms with van der Waals surface area (Å²) >= 11 is 0. The molecule has 1 aliphatic rings. The van der Waals surface area contributed by atoms with Gasteiger partial charge in [0.1, 0.15) is 17.9 Å². The highest BCUT2D eigenvalue weighted by Crippen LogP contribution is 2.33. The van der Waals surface area contributed by atoms with Crippen LogP contribution in [-0.4, -0.2) is 89.3 Å². The van der Waals surface area contributed by atoms with Crippen LogP contribution in [0.2, 0.25) is 0 Å². The summed E-state index contributed by atoms with van der Waals surface area (Å²) in [7, 11) is 0.813. The van der Waals surface area contributed by atoms with Crippen LogP contribution in [-0.2, 0) is 40.2 Å². The predicted octanol–water partition coefficient (Wildman–Crippen LogP) is 4.20. The van der Waals surface area contributed by atoms with Crippen LogP contribution in [0, 0.1) is 0 Å². The van der Waals surface area contributed by atoms with Gasteiger partial charge in [-0.1, -0.05) is 18.2 Å². The molecular formula is C35H39NO13S. The molecule has 0 bridgehead atoms. The largest absolute Gasteiger partial charge is 0.493 e. The number of aryl methyl sites for hydroxylation is 1. The Morgan fingerprint density at radius 3 is 2.16 bits per heavy atom. The maximum absolute atomic E-state index is 14.1. The van der Waals surface area contributed by atoms with Crippen molar-refractivity contribution < 1.29 is 61.1 Å². The van der Waals surface area contributed by atoms with E-state index >= 15 is 0 Å². The maximum atomic E-state index is 14.1. The standard InChI is InChI=1S/C35H39NO13S/c1-44-30-14-12-22(16-31(30)45-2)11-13-29(23-8-7-9-26(18-23)48-21-32(37)38)49-35(41)28-10-5-6-15-36(28)50(42,43)27-19-24(33(39)46-3)17-25(20-27)34(40)47-4/h7-9,12,14,16-20,28-29H,5-6,10-11,13,15,21H2,1-4H3,(H,37,38)/t28-,29+/m0/s1. The van der Waals surface area contributed by atoms with Gasteiger partial charge in [0.25, 0.3) is 0 Å². The van der Waals surface area contributed by atoms with Crippen LogP contribution < -0.4 is 14.2 Å². The molecule has 0 saturated carbocycles. The van der Waals surface area contributed by atoms with Crippen LogP contribution in [0.4, 0.5) is 0 Å². The number of nitrogens with zero attached hydrogens (tertiary/aromatic N) is 1. The average Bonchev–Trinajstić information content (AvgIpc) is 3.14. The molecule has 15 heteroatoms. The summed E-state index contributed by atoms with van der Waals surface area (Å²) in [5.74, 6) is -2.41. The summed E-state index contributed by atoms with van der Waals surface area (Å²) in [5.41, 5.74) is 0.965. The van der Waals surface area contributed by atoms with Gasteiger partial charge in [0, 0.05) is 6.54 Å². The predicted molar refractivity (Wildman–Crippen MR) is 177 cm³/mol. The second-order valence-corrected chi connectivity index (χ2v) is 13.2. The molecule has 1 saturated heterocycles. The number of aliphatic carboxylic acids is 1. The van der Waals surface area contributed by atoms with Gasteiger partial charge in [-0.3, -0.25) is 4.79 Å². The fourth-order valence-corrected chi connectivity index (χ4v) is 7.30. The molecule has 1 aliphatic heterocycles. The van der Waals surface area contributed by atoms with Crippen molar-refractivity contribution in [2.45, 2.75) is 49.1 Å². The van der Waals surface area contributed by atoms with E-state index in [0.29, 0.717) is 36.3 Å². The summed E-state index contributed by atoms with van der Waals surface area (Å²) in [6.07, 6.45) is 0.909. The van der Waals surface area contributed by atoms with Gasteiger partial charge in [0.2, 0.25) is 10.0 Å². The van der Waals surface area contributed by atoms with E-state index < -0.39 is 57.5 Å². The number of hydrogen-bond donors (Lipinski definition) is 1. The van der Waals surface area contributed by atoms with Crippen LogP contribution in [0.25, 0.3) is 0 Å². The van der Waals surface area contributed by atoms with E-state index in [1.54, 1.807) is 36.4 Å². The number of methoxy groups -OCH3 is 4. The van der Waals surface area contributed by atoms with Gasteiger partial charge in [-0.2, -0.15) is 4.31 Å². The van der Waals surface area contributed by atoms with Gasteiger partial charge in [-0.05, 0) is 85.7 Å². The number of hydrogen-bond acceptors (Lipinski definition) is 12. The van der Waals surface area contributed by atoms with Crippen LogP contribution in [0.5, 0.6) is 17.2 Å². The van der Waals surface area contributed by atoms with Crippen LogP contribution in [0.3, 0.4) is 0 Å². The molecule has 1 N–H and O–H groups in total. The van der Waals surface area contributed by atoms with Crippen molar-refractivity contribution in [3.8, 4) is 17.2 Å². The minimum absolute atomic E-state index is 0.0209. The number of piperidine rings is 1. The number of ether oxygens (including phenoxy) is 6. The summed E-state index contributed by atoms with van der Waals surface area (Å²) in [4.78, 5) is 49.5. The summed E-state index contributed by atoms with van der Waals surface area (Å²) in [5, 5.41) is 9.08. The van der Waals surface area contributed by atoms with Crippen molar-refractivity contribution in [2.75, 3.05) is 41.6 Å². The SMILES string of the molecule is COC(=O)c1cc(C(=O)OC)cc(S(=O)(=O)N2CCCC[C@H]2C(=O)O[C@H](CCc2ccc(OC)c(OC)c2)c2cccc(OCC(=O)O)c2)c1. The molecule has 1 fully saturated rings. The van der Waals surface area contributed by atoms with Crippen molar-refractivity contribution >= 4 is 33.9 Å². The van der Waals surface area contributed by atoms with E-state index in [-0.39, 0.29) is 36.3 Å². The Morgan fingerprint density at radius 1 is 0.860 bits per heavy atom. The Hall–Kier alpha value is -5.15. The van der Waals surface area contributed by atoms with E-state index in [9.17, 15) is 27.6 Å². The first-order valence-electron chi connectivity index (χ1n) is 15.6. The summed E-state index contributed by atoms with van der Waals surface area (Å²) in [6.45, 7) is -0.601. The highest BCUT2D eigenvalue weighted by molar-refractivity contribution is 7.89. The Morgan fingerprint density at radius 2 is 1.54 bits per heavy atom. The number of esters is 3. The van der Waals surface area contributed by atoms with Gasteiger partial charge in [0.05, 0.1) is 44.5 Å². The first-order valence-corrected chi connectivity index (χ1v) is 17.0. The number of rotatable bonds is 15. The number of sulfonamides is 1. The molecule has 0 aliphatic carbocycles. The fourth-order valence-electron chi connectivity index (χ4n) is 5.58. The van der Waals surface area contributed by atoms with E-state index in [2.05, 4.69) is 0 Å². The lowest BCUT2D eigenvalue weighted by atomic mass is 10.00. The molecule has 0 radical (unpaired) electrons. The topological polar surface area (TPSA) is 181 Å². The van der Waals surface area contributed by atoms with Crippen molar-refractivity contribution in [1.29, 1.82) is 0 Å². The molecule has 268 valence electrons. The van der Waals surface area contributed by atoms with Crippen molar-refractivity contribution in [3.05, 3.63) is 82.9 Å². The molecule has 14 nitrogen and oxygen atoms in total. The molecule has 2 atom stereocenters. The molecule has 3 aromatic carbocycles. The normalized spacial score (nSPS) is 15.3. The van der Waals surface area contributed by atoms with Gasteiger partial charge >= 0.3 is 23.9 Å². The lowest BCUT2D eigenvalue weighted by Gasteiger charge is -2.34. The van der Waals surface area contributed by atoms with E-state index in [1.165, 1.54) is 14.2 Å². The number of benzene rings is 3. The zero-order valence-electron chi connectivity index (χ0n) is 28.1. The van der Waals surface area contributed by atoms with Crippen molar-refractivity contribution in [2.24, 2.45) is 0 Å². The number of carboxylic acids is 1. The van der Waals surface area contributed by atoms with Crippen LogP contribution >= 0.6 is 0 Å². The number of carboxylic acid groups (broad SMARTS) is 1. The number of carbonyl (C=O) groups excluding carboxylic acids is 3. The second kappa shape index (κ2) is 17.0. The number of carbonyl (C=O) groups is 4. The third-order valence-corrected chi connectivity index (χ3v) is 9.96. The first-order chi connectivity index (χ1) is 23.9. The van der Waals surface area contributed by atoms with Crippen molar-refractivity contribution in [3.63, 3.8) is 0 Å². The Balaban J connectivity index is 1.67. The molecule has 0 aromatic heterocycles. The van der Waals surface area contributed by atoms with Crippen molar-refractivity contribution in [1.82, 2.24) is 4.31 Å². The third kappa shape index (κ3) is 9.09. The van der Waals surface area contributed by atoms with Gasteiger partial charge in [-0.15, -0.1) is 0 Å². The lowest BCUT2D eigenvalue weighted by Crippen LogP contribution is -2.48. The van der Waals surface area contributed by atoms with Gasteiger partial charge in [0.15, 0.2) is 18.1 Å². The summed E-state index contributed by atoms with van der Waals surface area (Å²) in [6, 6.07) is 14.0. The monoisotopic (exact) mass is 713 g/mol. The van der Waals surface area contributed by atoms with Gasteiger partial charge < -0.3 is 33.5 Å². The third-order valence-electron chi connectivity index (χ3n) is 8.07. The van der Waals surface area contributed by atoms with E-state index in [0.717, 1.165) is 42.3 Å². The maximum Gasteiger partial charge on any atom is 0.341 e. The lowest BCUT2D eigenvalue weighted by molar-refractivity contribution is -0.155. The average molecular weight is 714 g/mol. The Labute approximate surface area is 289 Å². The fraction of sp³-hybridized carbons (Fsp3) is 0.371. The Kier molecular flexibility index (Phi) is 12.8. The van der Waals surface area contributed by atoms with Crippen LogP contribution in [0.15, 0.2) is 65.6 Å². The van der Waals surface area contributed by atoms with Crippen LogP contribution in [0.1, 0.15) is 63.6 Å². The summed E-state index contributed by atoms with van der Waals surface area (Å²) < 4.78 is 60.9. The zero-order valence-corrected chi connectivity index (χ0v) is 28.9. The minimum atomic E-state index is -4.46. The molecule has 0 amide bonds. The highest BCUT2D eigenvalue weighted by Gasteiger charge is 2.40. The van der Waals surface area contributed by atoms with E-state index in [1.807, 2.05) is 6.07 Å². The molecule has 1 heterocycles. The van der Waals surface area contributed by atoms with E-state index in [4.69, 9.17) is 33.5 Å². The molecule has 3 aromatic rings. The molecular weight excluding hydrogens is 674 g/mol. The second-order valence-electron chi connectivity index (χ2n) is 11.3. The molecule has 0 spiro atoms. The minimum Gasteiger partial charge on any atom is -0.493 e. The highest BCUT2D eigenvalue weighted by atomic mass is 32.2. The van der Waals surface area contributed by atoms with Gasteiger partial charge in [-0.25, -0.2) is 22.8 Å². The first kappa shape index (κ1) is 37.7. The molecule has 4 rings (SSSR count). The quantitative estimate of drug-likeness (QED) is 0.175. The molecule has 50 heavy (non-hydrogen) atoms. The smallest absolute Gasteiger partial charge is 0.341 e. The Bertz CT molecular complexity index is 1790. The molecule has 0 unspecified atom stereocenters. The zero-order chi connectivity index (χ0) is 36.4.